The zero-order valence-electron chi connectivity index (χ0n) is 12.0. The van der Waals surface area contributed by atoms with Gasteiger partial charge in [0.2, 0.25) is 0 Å². The molecular weight excluding hydrogens is 295 g/mol. The molecule has 22 heavy (non-hydrogen) atoms. The zero-order chi connectivity index (χ0) is 16.2. The Morgan fingerprint density at radius 2 is 1.95 bits per heavy atom. The van der Waals surface area contributed by atoms with E-state index in [9.17, 15) is 18.0 Å². The number of hydrogen-bond acceptors (Lipinski definition) is 2. The molecule has 2 rings (SSSR count). The molecule has 0 N–H and O–H groups in total. The number of amides is 1. The number of halogens is 3. The van der Waals surface area contributed by atoms with E-state index in [0.29, 0.717) is 12.1 Å². The average molecular weight is 311 g/mol. The van der Waals surface area contributed by atoms with E-state index >= 15 is 0 Å². The highest BCUT2D eigenvalue weighted by Crippen LogP contribution is 2.20. The lowest BCUT2D eigenvalue weighted by atomic mass is 10.1. The fourth-order valence-corrected chi connectivity index (χ4v) is 1.95. The zero-order valence-corrected chi connectivity index (χ0v) is 12.0. The fourth-order valence-electron chi connectivity index (χ4n) is 1.95. The van der Waals surface area contributed by atoms with Gasteiger partial charge in [-0.3, -0.25) is 9.48 Å². The molecule has 7 heteroatoms. The summed E-state index contributed by atoms with van der Waals surface area (Å²) in [7, 11) is 1.37. The first-order valence-corrected chi connectivity index (χ1v) is 6.74. The van der Waals surface area contributed by atoms with Crippen molar-refractivity contribution in [2.24, 2.45) is 0 Å². The highest BCUT2D eigenvalue weighted by molar-refractivity contribution is 5.94. The predicted molar refractivity (Wildman–Crippen MR) is 75.4 cm³/mol. The van der Waals surface area contributed by atoms with E-state index in [0.717, 1.165) is 10.5 Å². The van der Waals surface area contributed by atoms with E-state index in [1.54, 1.807) is 35.1 Å². The second kappa shape index (κ2) is 6.64. The standard InChI is InChI=1S/C15H16F3N3O/c1-20(10-7-15(16,17)18)14(22)13-5-3-12(4-6-13)11-21-9-2-8-19-21/h2-6,8-9H,7,10-11H2,1H3. The monoisotopic (exact) mass is 311 g/mol. The van der Waals surface area contributed by atoms with E-state index in [1.807, 2.05) is 12.3 Å². The Bertz CT molecular complexity index is 606. The maximum atomic E-state index is 12.2. The van der Waals surface area contributed by atoms with Gasteiger partial charge in [0, 0.05) is 31.5 Å². The van der Waals surface area contributed by atoms with Crippen molar-refractivity contribution in [3.63, 3.8) is 0 Å². The molecule has 0 saturated heterocycles. The van der Waals surface area contributed by atoms with Crippen LogP contribution in [0.25, 0.3) is 0 Å². The summed E-state index contributed by atoms with van der Waals surface area (Å²) >= 11 is 0. The first-order chi connectivity index (χ1) is 10.3. The summed E-state index contributed by atoms with van der Waals surface area (Å²) in [5, 5.41) is 4.08. The maximum Gasteiger partial charge on any atom is 0.390 e. The van der Waals surface area contributed by atoms with Crippen molar-refractivity contribution in [3.05, 3.63) is 53.9 Å². The second-order valence-electron chi connectivity index (χ2n) is 4.99. The van der Waals surface area contributed by atoms with Gasteiger partial charge in [0.05, 0.1) is 13.0 Å². The number of benzene rings is 1. The van der Waals surface area contributed by atoms with E-state index in [2.05, 4.69) is 5.10 Å². The minimum absolute atomic E-state index is 0.350. The molecule has 0 atom stereocenters. The molecule has 1 heterocycles. The molecule has 1 aromatic carbocycles. The molecule has 0 spiro atoms. The SMILES string of the molecule is CN(CCC(F)(F)F)C(=O)c1ccc(Cn2cccn2)cc1. The molecule has 0 saturated carbocycles. The smallest absolute Gasteiger partial charge is 0.341 e. The first-order valence-electron chi connectivity index (χ1n) is 6.74. The van der Waals surface area contributed by atoms with Crippen LogP contribution in [0, 0.1) is 0 Å². The summed E-state index contributed by atoms with van der Waals surface area (Å²) in [6.45, 7) is 0.225. The van der Waals surface area contributed by atoms with Crippen LogP contribution in [0.4, 0.5) is 13.2 Å². The predicted octanol–water partition coefficient (Wildman–Crippen LogP) is 2.96. The summed E-state index contributed by atoms with van der Waals surface area (Å²) in [6, 6.07) is 8.59. The van der Waals surface area contributed by atoms with Gasteiger partial charge in [-0.1, -0.05) is 12.1 Å². The molecular formula is C15H16F3N3O. The Labute approximate surface area is 126 Å². The van der Waals surface area contributed by atoms with Crippen LogP contribution in [0.15, 0.2) is 42.7 Å². The first kappa shape index (κ1) is 16.1. The summed E-state index contributed by atoms with van der Waals surface area (Å²) < 4.78 is 38.2. The maximum absolute atomic E-state index is 12.2. The summed E-state index contributed by atoms with van der Waals surface area (Å²) in [5.74, 6) is -0.421. The molecule has 1 amide bonds. The number of rotatable bonds is 5. The van der Waals surface area contributed by atoms with Crippen LogP contribution in [0.1, 0.15) is 22.3 Å². The Morgan fingerprint density at radius 3 is 2.50 bits per heavy atom. The Kier molecular flexibility index (Phi) is 4.85. The lowest BCUT2D eigenvalue weighted by Gasteiger charge is -2.18. The van der Waals surface area contributed by atoms with Crippen molar-refractivity contribution < 1.29 is 18.0 Å². The molecule has 0 fully saturated rings. The van der Waals surface area contributed by atoms with Crippen LogP contribution in [-0.4, -0.2) is 40.4 Å². The van der Waals surface area contributed by atoms with Gasteiger partial charge in [-0.15, -0.1) is 0 Å². The molecule has 0 aliphatic rings. The van der Waals surface area contributed by atoms with Crippen molar-refractivity contribution in [2.45, 2.75) is 19.1 Å². The normalized spacial score (nSPS) is 11.5. The molecule has 0 radical (unpaired) electrons. The minimum atomic E-state index is -4.26. The van der Waals surface area contributed by atoms with Crippen molar-refractivity contribution in [1.29, 1.82) is 0 Å². The lowest BCUT2D eigenvalue weighted by molar-refractivity contribution is -0.136. The van der Waals surface area contributed by atoms with Crippen molar-refractivity contribution in [2.75, 3.05) is 13.6 Å². The molecule has 0 aliphatic carbocycles. The van der Waals surface area contributed by atoms with Crippen molar-refractivity contribution in [3.8, 4) is 0 Å². The van der Waals surface area contributed by atoms with Crippen molar-refractivity contribution >= 4 is 5.91 Å². The average Bonchev–Trinajstić information content (AvgIpc) is 2.97. The Hall–Kier alpha value is -2.31. The third-order valence-electron chi connectivity index (χ3n) is 3.18. The van der Waals surface area contributed by atoms with Gasteiger partial charge < -0.3 is 4.90 Å². The molecule has 0 aliphatic heterocycles. The van der Waals surface area contributed by atoms with E-state index in [1.165, 1.54) is 7.05 Å². The molecule has 4 nitrogen and oxygen atoms in total. The lowest BCUT2D eigenvalue weighted by Crippen LogP contribution is -2.30. The fraction of sp³-hybridized carbons (Fsp3) is 0.333. The topological polar surface area (TPSA) is 38.1 Å². The van der Waals surface area contributed by atoms with Crippen molar-refractivity contribution in [1.82, 2.24) is 14.7 Å². The van der Waals surface area contributed by atoms with Gasteiger partial charge in [0.1, 0.15) is 0 Å². The third-order valence-corrected chi connectivity index (χ3v) is 3.18. The second-order valence-corrected chi connectivity index (χ2v) is 4.99. The molecule has 0 bridgehead atoms. The quantitative estimate of drug-likeness (QED) is 0.851. The van der Waals surface area contributed by atoms with Gasteiger partial charge in [-0.25, -0.2) is 0 Å². The largest absolute Gasteiger partial charge is 0.390 e. The van der Waals surface area contributed by atoms with Crippen LogP contribution >= 0.6 is 0 Å². The van der Waals surface area contributed by atoms with Gasteiger partial charge in [-0.05, 0) is 23.8 Å². The summed E-state index contributed by atoms with van der Waals surface area (Å²) in [5.41, 5.74) is 1.33. The number of carbonyl (C=O) groups is 1. The molecule has 0 unspecified atom stereocenters. The van der Waals surface area contributed by atoms with Crippen LogP contribution in [0.3, 0.4) is 0 Å². The van der Waals surface area contributed by atoms with E-state index in [-0.39, 0.29) is 6.54 Å². The highest BCUT2D eigenvalue weighted by Gasteiger charge is 2.28. The molecule has 2 aromatic rings. The van der Waals surface area contributed by atoms with E-state index < -0.39 is 18.5 Å². The highest BCUT2D eigenvalue weighted by atomic mass is 19.4. The number of aromatic nitrogens is 2. The number of alkyl halides is 3. The van der Waals surface area contributed by atoms with E-state index in [4.69, 9.17) is 0 Å². The summed E-state index contributed by atoms with van der Waals surface area (Å²) in [6.07, 6.45) is -1.77. The van der Waals surface area contributed by atoms with Gasteiger partial charge in [0.15, 0.2) is 0 Å². The van der Waals surface area contributed by atoms with Gasteiger partial charge in [-0.2, -0.15) is 18.3 Å². The molecule has 118 valence electrons. The third kappa shape index (κ3) is 4.61. The number of nitrogens with zero attached hydrogens (tertiary/aromatic N) is 3. The van der Waals surface area contributed by atoms with Gasteiger partial charge in [0.25, 0.3) is 5.91 Å². The van der Waals surface area contributed by atoms with Crippen LogP contribution < -0.4 is 0 Å². The van der Waals surface area contributed by atoms with Crippen LogP contribution in [0.5, 0.6) is 0 Å². The van der Waals surface area contributed by atoms with Gasteiger partial charge >= 0.3 is 6.18 Å². The number of hydrogen-bond donors (Lipinski definition) is 0. The summed E-state index contributed by atoms with van der Waals surface area (Å²) in [4.78, 5) is 13.1. The number of carbonyl (C=O) groups excluding carboxylic acids is 1. The molecule has 1 aromatic heterocycles. The van der Waals surface area contributed by atoms with Crippen LogP contribution in [-0.2, 0) is 6.54 Å². The minimum Gasteiger partial charge on any atom is -0.341 e. The van der Waals surface area contributed by atoms with Crippen LogP contribution in [0.2, 0.25) is 0 Å². The Balaban J connectivity index is 1.95. The Morgan fingerprint density at radius 1 is 1.27 bits per heavy atom.